The molecule has 2 aromatic carbocycles. The number of carboxylic acids is 1. The van der Waals surface area contributed by atoms with Crippen LogP contribution in [0.15, 0.2) is 66.4 Å². The van der Waals surface area contributed by atoms with E-state index in [0.29, 0.717) is 11.1 Å². The van der Waals surface area contributed by atoms with Crippen LogP contribution in [0, 0.1) is 0 Å². The first-order valence-electron chi connectivity index (χ1n) is 9.70. The molecule has 0 bridgehead atoms. The Kier molecular flexibility index (Phi) is 8.77. The molecule has 3 rings (SSSR count). The number of carbonyl (C=O) groups is 4. The number of ketones is 1. The predicted octanol–water partition coefficient (Wildman–Crippen LogP) is -0.401. The van der Waals surface area contributed by atoms with Gasteiger partial charge in [0, 0.05) is 18.8 Å². The molecule has 0 spiro atoms. The number of urea groups is 1. The second kappa shape index (κ2) is 11.1. The SMILES string of the molecule is CC1=CN(C)C(=O)C(NC(=O)NC(CC(=O)O)c2cccc(-c3ccccc3)c2)C1=O.[H-].[Na+]. The predicted molar refractivity (Wildman–Crippen MR) is 115 cm³/mol. The number of nitrogens with one attached hydrogen (secondary N) is 2. The Morgan fingerprint density at radius 2 is 1.75 bits per heavy atom. The third kappa shape index (κ3) is 6.06. The second-order valence-electron chi connectivity index (χ2n) is 7.32. The van der Waals surface area contributed by atoms with Gasteiger partial charge in [-0.2, -0.15) is 0 Å². The van der Waals surface area contributed by atoms with E-state index in [1.807, 2.05) is 36.4 Å². The molecule has 0 saturated heterocycles. The molecule has 32 heavy (non-hydrogen) atoms. The monoisotopic (exact) mass is 445 g/mol. The van der Waals surface area contributed by atoms with Crippen molar-refractivity contribution in [2.45, 2.75) is 25.4 Å². The maximum Gasteiger partial charge on any atom is 1.00 e. The number of hydrogen-bond donors (Lipinski definition) is 3. The van der Waals surface area contributed by atoms with Crippen LogP contribution in [-0.2, 0) is 14.4 Å². The average molecular weight is 445 g/mol. The van der Waals surface area contributed by atoms with E-state index in [1.165, 1.54) is 18.1 Å². The summed E-state index contributed by atoms with van der Waals surface area (Å²) >= 11 is 0. The normalized spacial score (nSPS) is 16.5. The summed E-state index contributed by atoms with van der Waals surface area (Å²) in [6.45, 7) is 1.56. The molecule has 8 nitrogen and oxygen atoms in total. The number of carbonyl (C=O) groups excluding carboxylic acids is 3. The minimum absolute atomic E-state index is 0. The molecule has 1 aliphatic heterocycles. The van der Waals surface area contributed by atoms with E-state index in [0.717, 1.165) is 11.1 Å². The van der Waals surface area contributed by atoms with E-state index in [9.17, 15) is 24.3 Å². The molecule has 3 N–H and O–H groups in total. The molecule has 0 aliphatic carbocycles. The molecule has 3 amide bonds. The van der Waals surface area contributed by atoms with Crippen LogP contribution in [0.3, 0.4) is 0 Å². The van der Waals surface area contributed by atoms with Crippen molar-refractivity contribution in [3.63, 3.8) is 0 Å². The van der Waals surface area contributed by atoms with Crippen molar-refractivity contribution in [2.75, 3.05) is 7.05 Å². The number of likely N-dealkylation sites (N-methyl/N-ethyl adjacent to an activating group) is 1. The summed E-state index contributed by atoms with van der Waals surface area (Å²) in [5, 5.41) is 14.3. The molecule has 0 aromatic heterocycles. The second-order valence-corrected chi connectivity index (χ2v) is 7.32. The maximum atomic E-state index is 12.6. The van der Waals surface area contributed by atoms with E-state index in [2.05, 4.69) is 10.6 Å². The zero-order valence-corrected chi connectivity index (χ0v) is 20.2. The standard InChI is InChI=1S/C23H23N3O5.Na.H/c1-14-13-26(2)22(30)20(21(14)29)25-23(31)24-18(12-19(27)28)17-10-6-9-16(11-17)15-7-4-3-5-8-15;;/h3-11,13,18,20H,12H2,1-2H3,(H,27,28)(H2,24,25,31);;/q;+1;-1. The summed E-state index contributed by atoms with van der Waals surface area (Å²) in [5.41, 5.74) is 2.75. The third-order valence-electron chi connectivity index (χ3n) is 4.99. The van der Waals surface area contributed by atoms with E-state index in [-0.39, 0.29) is 37.4 Å². The van der Waals surface area contributed by atoms with Crippen LogP contribution in [0.25, 0.3) is 11.1 Å². The average Bonchev–Trinajstić information content (AvgIpc) is 2.75. The van der Waals surface area contributed by atoms with Crippen molar-refractivity contribution in [1.82, 2.24) is 15.5 Å². The summed E-state index contributed by atoms with van der Waals surface area (Å²) in [6.07, 6.45) is 1.04. The molecule has 0 fully saturated rings. The van der Waals surface area contributed by atoms with Gasteiger partial charge in [0.1, 0.15) is 0 Å². The molecule has 162 valence electrons. The number of aliphatic carboxylic acids is 1. The van der Waals surface area contributed by atoms with Gasteiger partial charge in [0.25, 0.3) is 5.91 Å². The van der Waals surface area contributed by atoms with Crippen molar-refractivity contribution >= 4 is 23.7 Å². The first-order valence-corrected chi connectivity index (χ1v) is 9.70. The summed E-state index contributed by atoms with van der Waals surface area (Å²) < 4.78 is 0. The maximum absolute atomic E-state index is 12.6. The zero-order valence-electron chi connectivity index (χ0n) is 19.2. The Bertz CT molecular complexity index is 1060. The van der Waals surface area contributed by atoms with Crippen LogP contribution in [0.1, 0.15) is 26.4 Å². The smallest absolute Gasteiger partial charge is 1.00 e. The number of rotatable bonds is 6. The first kappa shape index (κ1) is 25.3. The molecule has 0 saturated carbocycles. The molecule has 9 heteroatoms. The molecular weight excluding hydrogens is 421 g/mol. The topological polar surface area (TPSA) is 116 Å². The number of carboxylic acid groups (broad SMARTS) is 1. The Hall–Kier alpha value is -2.94. The van der Waals surface area contributed by atoms with Crippen LogP contribution in [0.4, 0.5) is 4.79 Å². The molecule has 1 aliphatic rings. The number of benzene rings is 2. The van der Waals surface area contributed by atoms with Gasteiger partial charge in [-0.15, -0.1) is 0 Å². The molecular formula is C23H24N3NaO5. The largest absolute Gasteiger partial charge is 1.00 e. The van der Waals surface area contributed by atoms with Crippen LogP contribution in [0.5, 0.6) is 0 Å². The zero-order chi connectivity index (χ0) is 22.5. The van der Waals surface area contributed by atoms with Crippen LogP contribution < -0.4 is 40.2 Å². The number of nitrogens with zero attached hydrogens (tertiary/aromatic N) is 1. The molecule has 1 heterocycles. The Morgan fingerprint density at radius 3 is 2.41 bits per heavy atom. The fourth-order valence-electron chi connectivity index (χ4n) is 3.41. The van der Waals surface area contributed by atoms with Crippen molar-refractivity contribution in [3.05, 3.63) is 71.9 Å². The van der Waals surface area contributed by atoms with Crippen LogP contribution in [-0.4, -0.2) is 46.8 Å². The summed E-state index contributed by atoms with van der Waals surface area (Å²) in [5.74, 6) is -2.16. The van der Waals surface area contributed by atoms with E-state index < -0.39 is 35.8 Å². The number of Topliss-reactive ketones (excluding diaryl/α,β-unsaturated/α-hetero) is 1. The van der Waals surface area contributed by atoms with E-state index in [1.54, 1.807) is 25.1 Å². The van der Waals surface area contributed by atoms with Crippen molar-refractivity contribution < 1.29 is 55.3 Å². The van der Waals surface area contributed by atoms with E-state index >= 15 is 0 Å². The van der Waals surface area contributed by atoms with Crippen molar-refractivity contribution in [2.24, 2.45) is 0 Å². The molecule has 2 atom stereocenters. The molecule has 0 radical (unpaired) electrons. The van der Waals surface area contributed by atoms with Gasteiger partial charge < -0.3 is 22.1 Å². The van der Waals surface area contributed by atoms with Gasteiger partial charge >= 0.3 is 41.6 Å². The summed E-state index contributed by atoms with van der Waals surface area (Å²) in [7, 11) is 1.49. The third-order valence-corrected chi connectivity index (χ3v) is 4.99. The minimum atomic E-state index is -1.35. The van der Waals surface area contributed by atoms with Gasteiger partial charge in [0.05, 0.1) is 12.5 Å². The van der Waals surface area contributed by atoms with Gasteiger partial charge in [-0.05, 0) is 29.7 Å². The van der Waals surface area contributed by atoms with Gasteiger partial charge in [-0.25, -0.2) is 4.79 Å². The van der Waals surface area contributed by atoms with Crippen LogP contribution >= 0.6 is 0 Å². The van der Waals surface area contributed by atoms with Gasteiger partial charge in [-0.1, -0.05) is 48.5 Å². The fourth-order valence-corrected chi connectivity index (χ4v) is 3.41. The molecule has 2 aromatic rings. The first-order chi connectivity index (χ1) is 14.8. The number of amides is 3. The van der Waals surface area contributed by atoms with Crippen molar-refractivity contribution in [3.8, 4) is 11.1 Å². The van der Waals surface area contributed by atoms with Gasteiger partial charge in [-0.3, -0.25) is 14.4 Å². The van der Waals surface area contributed by atoms with E-state index in [4.69, 9.17) is 0 Å². The number of hydrogen-bond acceptors (Lipinski definition) is 4. The Labute approximate surface area is 209 Å². The van der Waals surface area contributed by atoms with Crippen molar-refractivity contribution in [1.29, 1.82) is 0 Å². The summed E-state index contributed by atoms with van der Waals surface area (Å²) in [6, 6.07) is 13.7. The van der Waals surface area contributed by atoms with Gasteiger partial charge in [0.15, 0.2) is 11.8 Å². The van der Waals surface area contributed by atoms with Crippen LogP contribution in [0.2, 0.25) is 0 Å². The minimum Gasteiger partial charge on any atom is -1.00 e. The quantitative estimate of drug-likeness (QED) is 0.413. The molecule has 2 unspecified atom stereocenters. The Balaban J connectivity index is 0.00000272. The summed E-state index contributed by atoms with van der Waals surface area (Å²) in [4.78, 5) is 49.8. The Morgan fingerprint density at radius 1 is 1.09 bits per heavy atom. The van der Waals surface area contributed by atoms with Gasteiger partial charge in [0.2, 0.25) is 0 Å². The fraction of sp³-hybridized carbons (Fsp3) is 0.217.